The van der Waals surface area contributed by atoms with Crippen molar-refractivity contribution >= 4 is 21.6 Å². The van der Waals surface area contributed by atoms with Gasteiger partial charge in [0.25, 0.3) is 10.0 Å². The molecule has 1 aliphatic heterocycles. The van der Waals surface area contributed by atoms with Crippen LogP contribution in [0.2, 0.25) is 0 Å². The number of carbonyl (C=O) groups is 1. The number of rotatable bonds is 3. The lowest BCUT2D eigenvalue weighted by molar-refractivity contribution is -0.119. The standard InChI is InChI=1S/C23H30N2O3S/c1-14-11-17(23(4,5)6)12-15(2)21(14)29(27,28)25-16(3)13-19(22(24)26)18-9-7-8-10-20(18)25/h7-12,16,19H,13H2,1-6H3,(H2,24,26). The monoisotopic (exact) mass is 414 g/mol. The van der Waals surface area contributed by atoms with Crippen molar-refractivity contribution in [3.63, 3.8) is 0 Å². The lowest BCUT2D eigenvalue weighted by atomic mass is 9.85. The highest BCUT2D eigenvalue weighted by molar-refractivity contribution is 7.93. The van der Waals surface area contributed by atoms with Gasteiger partial charge in [-0.15, -0.1) is 0 Å². The number of nitrogens with zero attached hydrogens (tertiary/aromatic N) is 1. The number of anilines is 1. The van der Waals surface area contributed by atoms with Crippen molar-refractivity contribution in [3.05, 3.63) is 58.7 Å². The van der Waals surface area contributed by atoms with Crippen molar-refractivity contribution in [2.45, 2.75) is 70.2 Å². The topological polar surface area (TPSA) is 80.5 Å². The molecule has 5 nitrogen and oxygen atoms in total. The third-order valence-corrected chi connectivity index (χ3v) is 7.95. The summed E-state index contributed by atoms with van der Waals surface area (Å²) in [5.41, 5.74) is 9.31. The molecule has 0 spiro atoms. The molecule has 0 aliphatic carbocycles. The van der Waals surface area contributed by atoms with Gasteiger partial charge in [0.1, 0.15) is 0 Å². The quantitative estimate of drug-likeness (QED) is 0.819. The summed E-state index contributed by atoms with van der Waals surface area (Å²) in [6, 6.07) is 10.7. The van der Waals surface area contributed by atoms with E-state index in [4.69, 9.17) is 5.73 Å². The Morgan fingerprint density at radius 2 is 1.66 bits per heavy atom. The molecule has 1 heterocycles. The molecule has 1 amide bonds. The minimum absolute atomic E-state index is 0.0719. The summed E-state index contributed by atoms with van der Waals surface area (Å²) < 4.78 is 29.2. The van der Waals surface area contributed by atoms with E-state index in [9.17, 15) is 13.2 Å². The normalized spacial score (nSPS) is 19.7. The zero-order valence-electron chi connectivity index (χ0n) is 18.0. The van der Waals surface area contributed by atoms with E-state index in [-0.39, 0.29) is 11.5 Å². The van der Waals surface area contributed by atoms with Gasteiger partial charge in [0.2, 0.25) is 5.91 Å². The fourth-order valence-electron chi connectivity index (χ4n) is 4.31. The molecular formula is C23H30N2O3S. The van der Waals surface area contributed by atoms with Crippen LogP contribution in [0.25, 0.3) is 0 Å². The van der Waals surface area contributed by atoms with Gasteiger partial charge in [0.15, 0.2) is 0 Å². The molecular weight excluding hydrogens is 384 g/mol. The van der Waals surface area contributed by atoms with Crippen LogP contribution in [-0.4, -0.2) is 20.4 Å². The average Bonchev–Trinajstić information content (AvgIpc) is 2.58. The zero-order chi connectivity index (χ0) is 21.7. The number of primary amides is 1. The van der Waals surface area contributed by atoms with Gasteiger partial charge in [-0.25, -0.2) is 8.42 Å². The van der Waals surface area contributed by atoms with Crippen molar-refractivity contribution < 1.29 is 13.2 Å². The van der Waals surface area contributed by atoms with Crippen molar-refractivity contribution in [2.75, 3.05) is 4.31 Å². The summed E-state index contributed by atoms with van der Waals surface area (Å²) in [5.74, 6) is -0.915. The first-order chi connectivity index (χ1) is 13.4. The predicted molar refractivity (Wildman–Crippen MR) is 117 cm³/mol. The Morgan fingerprint density at radius 3 is 2.17 bits per heavy atom. The van der Waals surface area contributed by atoms with Crippen LogP contribution in [0.15, 0.2) is 41.3 Å². The van der Waals surface area contributed by atoms with E-state index >= 15 is 0 Å². The van der Waals surface area contributed by atoms with Crippen LogP contribution in [0, 0.1) is 13.8 Å². The highest BCUT2D eigenvalue weighted by atomic mass is 32.2. The van der Waals surface area contributed by atoms with Crippen molar-refractivity contribution in [3.8, 4) is 0 Å². The number of sulfonamides is 1. The molecule has 0 saturated carbocycles. The van der Waals surface area contributed by atoms with Crippen LogP contribution >= 0.6 is 0 Å². The molecule has 0 bridgehead atoms. The molecule has 6 heteroatoms. The number of hydrogen-bond acceptors (Lipinski definition) is 3. The Morgan fingerprint density at radius 1 is 1.10 bits per heavy atom. The van der Waals surface area contributed by atoms with Gasteiger partial charge in [0, 0.05) is 6.04 Å². The predicted octanol–water partition coefficient (Wildman–Crippen LogP) is 4.16. The number of para-hydroxylation sites is 1. The molecule has 2 atom stereocenters. The zero-order valence-corrected chi connectivity index (χ0v) is 18.8. The minimum Gasteiger partial charge on any atom is -0.369 e. The van der Waals surface area contributed by atoms with Crippen LogP contribution in [-0.2, 0) is 20.2 Å². The van der Waals surface area contributed by atoms with Crippen molar-refractivity contribution in [2.24, 2.45) is 5.73 Å². The van der Waals surface area contributed by atoms with E-state index in [0.717, 1.165) is 16.7 Å². The molecule has 0 fully saturated rings. The molecule has 156 valence electrons. The molecule has 0 saturated heterocycles. The van der Waals surface area contributed by atoms with Crippen molar-refractivity contribution in [1.82, 2.24) is 0 Å². The van der Waals surface area contributed by atoms with E-state index in [2.05, 4.69) is 20.8 Å². The SMILES string of the molecule is Cc1cc(C(C)(C)C)cc(C)c1S(=O)(=O)N1c2ccccc2C(C(N)=O)CC1C. The highest BCUT2D eigenvalue weighted by Crippen LogP contribution is 2.42. The van der Waals surface area contributed by atoms with E-state index in [1.165, 1.54) is 4.31 Å². The number of amides is 1. The number of fused-ring (bicyclic) bond motifs is 1. The number of nitrogens with two attached hydrogens (primary N) is 1. The van der Waals surface area contributed by atoms with Gasteiger partial charge in [-0.1, -0.05) is 51.1 Å². The van der Waals surface area contributed by atoms with Gasteiger partial charge in [-0.2, -0.15) is 0 Å². The van der Waals surface area contributed by atoms with E-state index in [1.807, 2.05) is 39.0 Å². The Bertz CT molecular complexity index is 1040. The molecule has 2 aromatic rings. The summed E-state index contributed by atoms with van der Waals surface area (Å²) in [6.45, 7) is 11.9. The van der Waals surface area contributed by atoms with Crippen LogP contribution in [0.5, 0.6) is 0 Å². The minimum atomic E-state index is -3.82. The van der Waals surface area contributed by atoms with Crippen LogP contribution in [0.4, 0.5) is 5.69 Å². The molecule has 2 aromatic carbocycles. The fourth-order valence-corrected chi connectivity index (χ4v) is 6.42. The Balaban J connectivity index is 2.20. The molecule has 1 aliphatic rings. The van der Waals surface area contributed by atoms with Crippen LogP contribution in [0.3, 0.4) is 0 Å². The number of aryl methyl sites for hydroxylation is 2. The first-order valence-electron chi connectivity index (χ1n) is 9.90. The lowest BCUT2D eigenvalue weighted by Gasteiger charge is -2.39. The van der Waals surface area contributed by atoms with Gasteiger partial charge in [-0.05, 0) is 60.9 Å². The second-order valence-corrected chi connectivity index (χ2v) is 10.8. The maximum absolute atomic E-state index is 13.8. The maximum Gasteiger partial charge on any atom is 0.265 e. The van der Waals surface area contributed by atoms with Gasteiger partial charge >= 0.3 is 0 Å². The number of hydrogen-bond donors (Lipinski definition) is 1. The summed E-state index contributed by atoms with van der Waals surface area (Å²) in [6.07, 6.45) is 0.365. The lowest BCUT2D eigenvalue weighted by Crippen LogP contribution is -2.45. The highest BCUT2D eigenvalue weighted by Gasteiger charge is 2.40. The molecule has 29 heavy (non-hydrogen) atoms. The first-order valence-corrected chi connectivity index (χ1v) is 11.3. The molecule has 3 rings (SSSR count). The largest absolute Gasteiger partial charge is 0.369 e. The molecule has 2 unspecified atom stereocenters. The second-order valence-electron chi connectivity index (χ2n) is 9.09. The third kappa shape index (κ3) is 3.66. The smallest absolute Gasteiger partial charge is 0.265 e. The maximum atomic E-state index is 13.8. The van der Waals surface area contributed by atoms with Crippen LogP contribution < -0.4 is 10.0 Å². The second kappa shape index (κ2) is 7.17. The van der Waals surface area contributed by atoms with E-state index in [1.54, 1.807) is 18.2 Å². The van der Waals surface area contributed by atoms with Gasteiger partial charge < -0.3 is 5.73 Å². The Labute approximate surface area is 174 Å². The summed E-state index contributed by atoms with van der Waals surface area (Å²) in [5, 5.41) is 0. The van der Waals surface area contributed by atoms with Gasteiger partial charge in [-0.3, -0.25) is 9.10 Å². The summed E-state index contributed by atoms with van der Waals surface area (Å²) in [7, 11) is -3.82. The Kier molecular flexibility index (Phi) is 5.28. The van der Waals surface area contributed by atoms with Crippen LogP contribution in [0.1, 0.15) is 62.3 Å². The van der Waals surface area contributed by atoms with Crippen molar-refractivity contribution in [1.29, 1.82) is 0 Å². The number of benzene rings is 2. The molecule has 2 N–H and O–H groups in total. The van der Waals surface area contributed by atoms with Gasteiger partial charge in [0.05, 0.1) is 16.5 Å². The summed E-state index contributed by atoms with van der Waals surface area (Å²) >= 11 is 0. The third-order valence-electron chi connectivity index (χ3n) is 5.71. The van der Waals surface area contributed by atoms with E-state index < -0.39 is 21.8 Å². The number of carbonyl (C=O) groups excluding carboxylic acids is 1. The summed E-state index contributed by atoms with van der Waals surface area (Å²) in [4.78, 5) is 12.3. The molecule has 0 aromatic heterocycles. The molecule has 0 radical (unpaired) electrons. The fraction of sp³-hybridized carbons (Fsp3) is 0.435. The Hall–Kier alpha value is -2.34. The van der Waals surface area contributed by atoms with E-state index in [0.29, 0.717) is 22.6 Å². The first kappa shape index (κ1) is 21.4. The average molecular weight is 415 g/mol.